The summed E-state index contributed by atoms with van der Waals surface area (Å²) in [5.41, 5.74) is 0.951. The number of carbonyl (C=O) groups excluding carboxylic acids is 1. The molecule has 0 aliphatic rings. The Bertz CT molecular complexity index is 1310. The summed E-state index contributed by atoms with van der Waals surface area (Å²) in [5, 5.41) is 9.02. The SMILES string of the molecule is CCn1c(=O)c2ccccc2n2c(COc3ccc(C(=O)OC)cc3OC)nnc12. The zero-order valence-electron chi connectivity index (χ0n) is 16.8. The van der Waals surface area contributed by atoms with Crippen LogP contribution >= 0.6 is 0 Å². The van der Waals surface area contributed by atoms with Crippen LogP contribution in [0.4, 0.5) is 0 Å². The number of hydrogen-bond donors (Lipinski definition) is 0. The molecular formula is C21H20N4O5. The van der Waals surface area contributed by atoms with Crippen molar-refractivity contribution >= 4 is 22.6 Å². The molecule has 9 nitrogen and oxygen atoms in total. The van der Waals surface area contributed by atoms with Crippen molar-refractivity contribution in [2.24, 2.45) is 0 Å². The van der Waals surface area contributed by atoms with E-state index < -0.39 is 5.97 Å². The minimum atomic E-state index is -0.465. The van der Waals surface area contributed by atoms with Gasteiger partial charge >= 0.3 is 5.97 Å². The lowest BCUT2D eigenvalue weighted by Gasteiger charge is -2.12. The van der Waals surface area contributed by atoms with Crippen molar-refractivity contribution in [3.63, 3.8) is 0 Å². The van der Waals surface area contributed by atoms with E-state index in [2.05, 4.69) is 10.2 Å². The van der Waals surface area contributed by atoms with Crippen LogP contribution in [0.5, 0.6) is 11.5 Å². The number of para-hydroxylation sites is 1. The molecule has 0 unspecified atom stereocenters. The third-order valence-corrected chi connectivity index (χ3v) is 4.83. The van der Waals surface area contributed by atoms with Gasteiger partial charge in [-0.3, -0.25) is 13.8 Å². The molecule has 0 atom stereocenters. The molecule has 2 aromatic carbocycles. The topological polar surface area (TPSA) is 97.0 Å². The maximum atomic E-state index is 12.8. The molecule has 0 fully saturated rings. The molecule has 0 radical (unpaired) electrons. The third kappa shape index (κ3) is 3.14. The van der Waals surface area contributed by atoms with Crippen molar-refractivity contribution in [2.45, 2.75) is 20.1 Å². The highest BCUT2D eigenvalue weighted by molar-refractivity contribution is 5.90. The summed E-state index contributed by atoms with van der Waals surface area (Å²) >= 11 is 0. The standard InChI is InChI=1S/C21H20N4O5/c1-4-24-19(26)14-7-5-6-8-15(14)25-18(22-23-21(24)25)12-30-16-10-9-13(20(27)29-3)11-17(16)28-2/h5-11H,4,12H2,1-3H3. The van der Waals surface area contributed by atoms with Gasteiger partial charge in [0.25, 0.3) is 5.56 Å². The number of carbonyl (C=O) groups is 1. The summed E-state index contributed by atoms with van der Waals surface area (Å²) in [6.45, 7) is 2.44. The van der Waals surface area contributed by atoms with Gasteiger partial charge in [0.2, 0.25) is 5.78 Å². The maximum Gasteiger partial charge on any atom is 0.337 e. The molecule has 0 bridgehead atoms. The van der Waals surface area contributed by atoms with E-state index in [4.69, 9.17) is 14.2 Å². The number of fused-ring (bicyclic) bond motifs is 3. The molecule has 154 valence electrons. The molecule has 9 heteroatoms. The van der Waals surface area contributed by atoms with Crippen molar-refractivity contribution in [3.05, 3.63) is 64.2 Å². The number of aromatic nitrogens is 4. The van der Waals surface area contributed by atoms with E-state index in [1.807, 2.05) is 29.5 Å². The summed E-state index contributed by atoms with van der Waals surface area (Å²) in [6, 6.07) is 12.1. The second-order valence-electron chi connectivity index (χ2n) is 6.46. The second-order valence-corrected chi connectivity index (χ2v) is 6.46. The predicted molar refractivity (Wildman–Crippen MR) is 109 cm³/mol. The number of benzene rings is 2. The van der Waals surface area contributed by atoms with Gasteiger partial charge in [0, 0.05) is 6.54 Å². The highest BCUT2D eigenvalue weighted by Gasteiger charge is 2.17. The summed E-state index contributed by atoms with van der Waals surface area (Å²) < 4.78 is 19.4. The van der Waals surface area contributed by atoms with Crippen LogP contribution in [0.15, 0.2) is 47.3 Å². The summed E-state index contributed by atoms with van der Waals surface area (Å²) in [4.78, 5) is 24.5. The Hall–Kier alpha value is -3.88. The van der Waals surface area contributed by atoms with Gasteiger partial charge in [0.1, 0.15) is 6.61 Å². The molecule has 30 heavy (non-hydrogen) atoms. The van der Waals surface area contributed by atoms with Crippen molar-refractivity contribution in [1.29, 1.82) is 0 Å². The van der Waals surface area contributed by atoms with Gasteiger partial charge in [-0.05, 0) is 37.3 Å². The van der Waals surface area contributed by atoms with E-state index in [0.717, 1.165) is 0 Å². The Morgan fingerprint density at radius 3 is 2.60 bits per heavy atom. The second kappa shape index (κ2) is 7.86. The van der Waals surface area contributed by atoms with Crippen LogP contribution in [0.2, 0.25) is 0 Å². The Morgan fingerprint density at radius 2 is 1.87 bits per heavy atom. The van der Waals surface area contributed by atoms with Crippen molar-refractivity contribution in [3.8, 4) is 11.5 Å². The lowest BCUT2D eigenvalue weighted by molar-refractivity contribution is 0.0600. The Balaban J connectivity index is 1.75. The van der Waals surface area contributed by atoms with E-state index in [1.165, 1.54) is 14.2 Å². The van der Waals surface area contributed by atoms with Gasteiger partial charge in [-0.25, -0.2) is 4.79 Å². The van der Waals surface area contributed by atoms with Crippen LogP contribution in [0.25, 0.3) is 16.7 Å². The quantitative estimate of drug-likeness (QED) is 0.452. The lowest BCUT2D eigenvalue weighted by atomic mass is 10.2. The first-order valence-electron chi connectivity index (χ1n) is 9.33. The summed E-state index contributed by atoms with van der Waals surface area (Å²) in [7, 11) is 2.80. The molecule has 0 saturated carbocycles. The first kappa shape index (κ1) is 19.4. The maximum absolute atomic E-state index is 12.8. The van der Waals surface area contributed by atoms with E-state index >= 15 is 0 Å². The molecule has 0 N–H and O–H groups in total. The fraction of sp³-hybridized carbons (Fsp3) is 0.238. The van der Waals surface area contributed by atoms with Crippen LogP contribution < -0.4 is 15.0 Å². The molecule has 2 heterocycles. The van der Waals surface area contributed by atoms with Crippen molar-refractivity contribution in [1.82, 2.24) is 19.2 Å². The zero-order valence-corrected chi connectivity index (χ0v) is 16.8. The minimum absolute atomic E-state index is 0.0843. The molecule has 4 aromatic rings. The zero-order chi connectivity index (χ0) is 21.3. The van der Waals surface area contributed by atoms with Crippen molar-refractivity contribution in [2.75, 3.05) is 14.2 Å². The van der Waals surface area contributed by atoms with Gasteiger partial charge in [-0.2, -0.15) is 0 Å². The fourth-order valence-corrected chi connectivity index (χ4v) is 3.37. The van der Waals surface area contributed by atoms with E-state index in [1.54, 1.807) is 28.8 Å². The number of ether oxygens (including phenoxy) is 3. The Kier molecular flexibility index (Phi) is 5.09. The van der Waals surface area contributed by atoms with Gasteiger partial charge in [0.05, 0.1) is 30.7 Å². The minimum Gasteiger partial charge on any atom is -0.493 e. The molecule has 0 saturated heterocycles. The van der Waals surface area contributed by atoms with Crippen LogP contribution in [0, 0.1) is 0 Å². The van der Waals surface area contributed by atoms with Gasteiger partial charge in [-0.1, -0.05) is 12.1 Å². The summed E-state index contributed by atoms with van der Waals surface area (Å²) in [5.74, 6) is 1.35. The Labute approximate surface area is 171 Å². The highest BCUT2D eigenvalue weighted by Crippen LogP contribution is 2.29. The number of aryl methyl sites for hydroxylation is 1. The summed E-state index contributed by atoms with van der Waals surface area (Å²) in [6.07, 6.45) is 0. The number of methoxy groups -OCH3 is 2. The van der Waals surface area contributed by atoms with E-state index in [-0.39, 0.29) is 12.2 Å². The first-order chi connectivity index (χ1) is 14.6. The van der Waals surface area contributed by atoms with Gasteiger partial charge < -0.3 is 14.2 Å². The Morgan fingerprint density at radius 1 is 1.07 bits per heavy atom. The van der Waals surface area contributed by atoms with Crippen LogP contribution in [-0.4, -0.2) is 39.4 Å². The van der Waals surface area contributed by atoms with Gasteiger partial charge in [-0.15, -0.1) is 10.2 Å². The number of rotatable bonds is 6. The monoisotopic (exact) mass is 408 g/mol. The van der Waals surface area contributed by atoms with Gasteiger partial charge in [0.15, 0.2) is 17.3 Å². The number of hydrogen-bond acceptors (Lipinski definition) is 7. The smallest absolute Gasteiger partial charge is 0.337 e. The lowest BCUT2D eigenvalue weighted by Crippen LogP contribution is -2.22. The number of nitrogens with zero attached hydrogens (tertiary/aromatic N) is 4. The van der Waals surface area contributed by atoms with E-state index in [0.29, 0.717) is 46.1 Å². The largest absolute Gasteiger partial charge is 0.493 e. The highest BCUT2D eigenvalue weighted by atomic mass is 16.5. The molecule has 4 rings (SSSR count). The van der Waals surface area contributed by atoms with Crippen LogP contribution in [-0.2, 0) is 17.9 Å². The number of esters is 1. The van der Waals surface area contributed by atoms with E-state index in [9.17, 15) is 9.59 Å². The molecule has 0 amide bonds. The molecule has 0 spiro atoms. The average Bonchev–Trinajstić information content (AvgIpc) is 3.21. The fourth-order valence-electron chi connectivity index (χ4n) is 3.37. The van der Waals surface area contributed by atoms with Crippen LogP contribution in [0.3, 0.4) is 0 Å². The average molecular weight is 408 g/mol. The third-order valence-electron chi connectivity index (χ3n) is 4.83. The normalized spacial score (nSPS) is 11.0. The molecule has 0 aliphatic carbocycles. The first-order valence-corrected chi connectivity index (χ1v) is 9.33. The van der Waals surface area contributed by atoms with Crippen LogP contribution in [0.1, 0.15) is 23.1 Å². The predicted octanol–water partition coefficient (Wildman–Crippen LogP) is 2.44. The molecule has 2 aromatic heterocycles. The van der Waals surface area contributed by atoms with Crippen molar-refractivity contribution < 1.29 is 19.0 Å². The molecule has 0 aliphatic heterocycles. The molecular weight excluding hydrogens is 388 g/mol.